The van der Waals surface area contributed by atoms with E-state index in [-0.39, 0.29) is 5.41 Å². The molecule has 0 aromatic carbocycles. The minimum atomic E-state index is 0.280. The largest absolute Gasteiger partial charge is 0.261 e. The van der Waals surface area contributed by atoms with Gasteiger partial charge < -0.3 is 0 Å². The summed E-state index contributed by atoms with van der Waals surface area (Å²) < 4.78 is 0. The molecule has 1 heterocycles. The van der Waals surface area contributed by atoms with Crippen LogP contribution in [0.15, 0.2) is 24.4 Å². The van der Waals surface area contributed by atoms with Gasteiger partial charge in [-0.2, -0.15) is 0 Å². The van der Waals surface area contributed by atoms with Crippen LogP contribution >= 0.6 is 0 Å². The van der Waals surface area contributed by atoms with Gasteiger partial charge in [0.2, 0.25) is 0 Å². The second-order valence-electron chi connectivity index (χ2n) is 6.40. The summed E-state index contributed by atoms with van der Waals surface area (Å²) in [7, 11) is 0. The highest BCUT2D eigenvalue weighted by molar-refractivity contribution is 5.15. The number of unbranched alkanes of at least 4 members (excludes halogenated alkanes) is 6. The fourth-order valence-corrected chi connectivity index (χ4v) is 2.98. The maximum Gasteiger partial charge on any atom is 0.0462 e. The number of pyridine rings is 1. The number of hydrogen-bond acceptors (Lipinski definition) is 1. The van der Waals surface area contributed by atoms with Crippen molar-refractivity contribution in [3.8, 4) is 0 Å². The van der Waals surface area contributed by atoms with Gasteiger partial charge in [-0.25, -0.2) is 0 Å². The van der Waals surface area contributed by atoms with Gasteiger partial charge in [-0.15, -0.1) is 0 Å². The van der Waals surface area contributed by atoms with Crippen LogP contribution in [0.5, 0.6) is 0 Å². The van der Waals surface area contributed by atoms with Gasteiger partial charge in [0.05, 0.1) is 0 Å². The molecular formula is C19H33N. The average molecular weight is 275 g/mol. The highest BCUT2D eigenvalue weighted by atomic mass is 14.7. The molecule has 0 bridgehead atoms. The van der Waals surface area contributed by atoms with Gasteiger partial charge in [-0.1, -0.05) is 78.2 Å². The van der Waals surface area contributed by atoms with E-state index in [0.717, 1.165) is 0 Å². The Balaban J connectivity index is 2.55. The second kappa shape index (κ2) is 9.96. The number of aromatic nitrogens is 1. The third-order valence-electron chi connectivity index (χ3n) is 4.45. The second-order valence-corrected chi connectivity index (χ2v) is 6.40. The lowest BCUT2D eigenvalue weighted by molar-refractivity contribution is 0.356. The summed E-state index contributed by atoms with van der Waals surface area (Å²) in [5, 5.41) is 0. The van der Waals surface area contributed by atoms with Gasteiger partial charge in [-0.05, 0) is 25.0 Å². The molecule has 114 valence electrons. The summed E-state index contributed by atoms with van der Waals surface area (Å²) in [5.41, 5.74) is 1.58. The fraction of sp³-hybridized carbons (Fsp3) is 0.737. The number of hydrogen-bond donors (Lipinski definition) is 0. The predicted molar refractivity (Wildman–Crippen MR) is 89.1 cm³/mol. The summed E-state index contributed by atoms with van der Waals surface area (Å²) >= 11 is 0. The average Bonchev–Trinajstić information content (AvgIpc) is 2.48. The van der Waals surface area contributed by atoms with Crippen LogP contribution in [-0.4, -0.2) is 4.98 Å². The van der Waals surface area contributed by atoms with Crippen LogP contribution in [0.25, 0.3) is 0 Å². The molecule has 0 aliphatic heterocycles. The SMILES string of the molecule is CCCCCCCC(C)(CCCCC)c1ccccn1. The van der Waals surface area contributed by atoms with Crippen molar-refractivity contribution >= 4 is 0 Å². The van der Waals surface area contributed by atoms with E-state index in [0.29, 0.717) is 0 Å². The van der Waals surface area contributed by atoms with Gasteiger partial charge in [-0.3, -0.25) is 4.98 Å². The summed E-state index contributed by atoms with van der Waals surface area (Å²) in [4.78, 5) is 4.64. The third kappa shape index (κ3) is 6.07. The molecule has 0 N–H and O–H groups in total. The first-order chi connectivity index (χ1) is 9.73. The molecule has 0 aliphatic carbocycles. The van der Waals surface area contributed by atoms with Crippen LogP contribution in [0.2, 0.25) is 0 Å². The molecule has 1 aromatic heterocycles. The Morgan fingerprint density at radius 3 is 2.05 bits per heavy atom. The Labute approximate surface area is 126 Å². The highest BCUT2D eigenvalue weighted by Gasteiger charge is 2.26. The Kier molecular flexibility index (Phi) is 8.57. The van der Waals surface area contributed by atoms with E-state index in [4.69, 9.17) is 0 Å². The van der Waals surface area contributed by atoms with Crippen molar-refractivity contribution < 1.29 is 0 Å². The van der Waals surface area contributed by atoms with E-state index in [2.05, 4.69) is 37.9 Å². The van der Waals surface area contributed by atoms with Crippen molar-refractivity contribution in [2.24, 2.45) is 0 Å². The Hall–Kier alpha value is -0.850. The first-order valence-corrected chi connectivity index (χ1v) is 8.64. The molecule has 1 rings (SSSR count). The number of rotatable bonds is 11. The van der Waals surface area contributed by atoms with Crippen LogP contribution in [0.4, 0.5) is 0 Å². The highest BCUT2D eigenvalue weighted by Crippen LogP contribution is 2.34. The van der Waals surface area contributed by atoms with Crippen LogP contribution < -0.4 is 0 Å². The topological polar surface area (TPSA) is 12.9 Å². The monoisotopic (exact) mass is 275 g/mol. The first-order valence-electron chi connectivity index (χ1n) is 8.64. The molecule has 0 saturated heterocycles. The van der Waals surface area contributed by atoms with Crippen LogP contribution in [0.1, 0.15) is 90.7 Å². The van der Waals surface area contributed by atoms with E-state index in [1.165, 1.54) is 69.9 Å². The van der Waals surface area contributed by atoms with Crippen molar-refractivity contribution in [2.75, 3.05) is 0 Å². The van der Waals surface area contributed by atoms with Crippen molar-refractivity contribution in [1.29, 1.82) is 0 Å². The third-order valence-corrected chi connectivity index (χ3v) is 4.45. The molecule has 0 aliphatic rings. The van der Waals surface area contributed by atoms with E-state index in [1.54, 1.807) is 0 Å². The zero-order valence-corrected chi connectivity index (χ0v) is 13.8. The van der Waals surface area contributed by atoms with Crippen LogP contribution in [-0.2, 0) is 5.41 Å². The maximum atomic E-state index is 4.64. The lowest BCUT2D eigenvalue weighted by atomic mass is 9.77. The van der Waals surface area contributed by atoms with Crippen LogP contribution in [0, 0.1) is 0 Å². The van der Waals surface area contributed by atoms with Gasteiger partial charge in [0.1, 0.15) is 0 Å². The Bertz CT molecular complexity index is 333. The molecule has 0 saturated carbocycles. The zero-order valence-electron chi connectivity index (χ0n) is 13.8. The van der Waals surface area contributed by atoms with Crippen LogP contribution in [0.3, 0.4) is 0 Å². The number of nitrogens with zero attached hydrogens (tertiary/aromatic N) is 1. The van der Waals surface area contributed by atoms with E-state index in [9.17, 15) is 0 Å². The van der Waals surface area contributed by atoms with Crippen molar-refractivity contribution in [3.63, 3.8) is 0 Å². The molecular weight excluding hydrogens is 242 g/mol. The molecule has 0 amide bonds. The van der Waals surface area contributed by atoms with E-state index in [1.807, 2.05) is 12.3 Å². The van der Waals surface area contributed by atoms with Gasteiger partial charge in [0, 0.05) is 17.3 Å². The molecule has 20 heavy (non-hydrogen) atoms. The summed E-state index contributed by atoms with van der Waals surface area (Å²) in [6.07, 6.45) is 15.3. The fourth-order valence-electron chi connectivity index (χ4n) is 2.98. The summed E-state index contributed by atoms with van der Waals surface area (Å²) in [5.74, 6) is 0. The predicted octanol–water partition coefficient (Wildman–Crippen LogP) is 6.28. The quantitative estimate of drug-likeness (QED) is 0.433. The summed E-state index contributed by atoms with van der Waals surface area (Å²) in [6.45, 7) is 6.98. The molecule has 1 heteroatoms. The van der Waals surface area contributed by atoms with Crippen molar-refractivity contribution in [1.82, 2.24) is 4.98 Å². The Morgan fingerprint density at radius 1 is 0.850 bits per heavy atom. The van der Waals surface area contributed by atoms with E-state index < -0.39 is 0 Å². The maximum absolute atomic E-state index is 4.64. The molecule has 0 spiro atoms. The standard InChI is InChI=1S/C19H33N/c1-4-6-8-9-12-16-19(3,15-11-7-5-2)18-14-10-13-17-20-18/h10,13-14,17H,4-9,11-12,15-16H2,1-3H3. The Morgan fingerprint density at radius 2 is 1.45 bits per heavy atom. The molecule has 1 nitrogen and oxygen atoms in total. The molecule has 1 aromatic rings. The van der Waals surface area contributed by atoms with Crippen molar-refractivity contribution in [2.45, 2.75) is 90.4 Å². The summed E-state index contributed by atoms with van der Waals surface area (Å²) in [6, 6.07) is 6.38. The molecule has 0 radical (unpaired) electrons. The van der Waals surface area contributed by atoms with Gasteiger partial charge in [0.25, 0.3) is 0 Å². The minimum Gasteiger partial charge on any atom is -0.261 e. The van der Waals surface area contributed by atoms with E-state index >= 15 is 0 Å². The lowest BCUT2D eigenvalue weighted by Crippen LogP contribution is -2.23. The molecule has 1 unspecified atom stereocenters. The smallest absolute Gasteiger partial charge is 0.0462 e. The molecule has 0 fully saturated rings. The zero-order chi connectivity index (χ0) is 14.7. The molecule has 1 atom stereocenters. The van der Waals surface area contributed by atoms with Gasteiger partial charge >= 0.3 is 0 Å². The first kappa shape index (κ1) is 17.2. The lowest BCUT2D eigenvalue weighted by Gasteiger charge is -2.29. The van der Waals surface area contributed by atoms with Crippen molar-refractivity contribution in [3.05, 3.63) is 30.1 Å². The van der Waals surface area contributed by atoms with Gasteiger partial charge in [0.15, 0.2) is 0 Å². The minimum absolute atomic E-state index is 0.280. The normalized spacial score (nSPS) is 14.2.